The minimum Gasteiger partial charge on any atom is -0.309 e. The summed E-state index contributed by atoms with van der Waals surface area (Å²) in [5.41, 5.74) is 1.08. The van der Waals surface area contributed by atoms with Crippen LogP contribution in [0.5, 0.6) is 0 Å². The molecule has 0 radical (unpaired) electrons. The standard InChI is InChI=1S/C11H13BrN2O2S/c12-9-3-8(4-11(5-9)14(15)16)6-13-10-1-2-17-7-10/h3-5,10,13H,1-2,6-7H2. The highest BCUT2D eigenvalue weighted by atomic mass is 79.9. The molecule has 1 saturated heterocycles. The maximum Gasteiger partial charge on any atom is 0.270 e. The maximum absolute atomic E-state index is 10.7. The number of hydrogen-bond acceptors (Lipinski definition) is 4. The van der Waals surface area contributed by atoms with Crippen LogP contribution in [0.25, 0.3) is 0 Å². The molecular formula is C11H13BrN2O2S. The first-order valence-electron chi connectivity index (χ1n) is 5.40. The summed E-state index contributed by atoms with van der Waals surface area (Å²) in [5, 5.41) is 14.2. The van der Waals surface area contributed by atoms with E-state index in [1.165, 1.54) is 18.2 Å². The van der Waals surface area contributed by atoms with Crippen molar-refractivity contribution in [1.82, 2.24) is 5.32 Å². The van der Waals surface area contributed by atoms with Gasteiger partial charge in [-0.25, -0.2) is 0 Å². The number of non-ortho nitro benzene ring substituents is 1. The molecule has 0 saturated carbocycles. The zero-order valence-corrected chi connectivity index (χ0v) is 11.6. The van der Waals surface area contributed by atoms with Gasteiger partial charge in [0.1, 0.15) is 0 Å². The molecule has 1 N–H and O–H groups in total. The van der Waals surface area contributed by atoms with E-state index in [1.807, 2.05) is 17.8 Å². The Morgan fingerprint density at radius 2 is 2.35 bits per heavy atom. The van der Waals surface area contributed by atoms with E-state index < -0.39 is 0 Å². The van der Waals surface area contributed by atoms with Crippen molar-refractivity contribution < 1.29 is 4.92 Å². The van der Waals surface area contributed by atoms with Crippen LogP contribution < -0.4 is 5.32 Å². The lowest BCUT2D eigenvalue weighted by molar-refractivity contribution is -0.385. The molecule has 0 spiro atoms. The number of thioether (sulfide) groups is 1. The molecule has 1 aromatic rings. The van der Waals surface area contributed by atoms with Crippen LogP contribution in [0.15, 0.2) is 22.7 Å². The molecule has 1 unspecified atom stereocenters. The Labute approximate surface area is 112 Å². The third-order valence-corrected chi connectivity index (χ3v) is 4.30. The van der Waals surface area contributed by atoms with Gasteiger partial charge in [0.2, 0.25) is 0 Å². The summed E-state index contributed by atoms with van der Waals surface area (Å²) < 4.78 is 0.754. The van der Waals surface area contributed by atoms with Crippen LogP contribution in [0, 0.1) is 10.1 Å². The summed E-state index contributed by atoms with van der Waals surface area (Å²) in [6, 6.07) is 5.61. The van der Waals surface area contributed by atoms with Crippen molar-refractivity contribution in [3.63, 3.8) is 0 Å². The first kappa shape index (κ1) is 12.9. The molecule has 1 heterocycles. The Morgan fingerprint density at radius 3 is 3.00 bits per heavy atom. The Morgan fingerprint density at radius 1 is 1.53 bits per heavy atom. The van der Waals surface area contributed by atoms with Crippen LogP contribution in [-0.2, 0) is 6.54 Å². The van der Waals surface area contributed by atoms with E-state index in [-0.39, 0.29) is 10.6 Å². The maximum atomic E-state index is 10.7. The molecule has 92 valence electrons. The van der Waals surface area contributed by atoms with E-state index in [1.54, 1.807) is 6.07 Å². The number of benzene rings is 1. The largest absolute Gasteiger partial charge is 0.309 e. The van der Waals surface area contributed by atoms with E-state index in [0.29, 0.717) is 12.6 Å². The van der Waals surface area contributed by atoms with E-state index in [0.717, 1.165) is 15.8 Å². The predicted molar refractivity (Wildman–Crippen MR) is 73.4 cm³/mol. The van der Waals surface area contributed by atoms with Crippen LogP contribution in [0.3, 0.4) is 0 Å². The summed E-state index contributed by atoms with van der Waals surface area (Å²) in [7, 11) is 0. The number of nitrogens with zero attached hydrogens (tertiary/aromatic N) is 1. The Balaban J connectivity index is 2.01. The normalized spacial score (nSPS) is 19.5. The number of nitro benzene ring substituents is 1. The first-order valence-corrected chi connectivity index (χ1v) is 7.35. The van der Waals surface area contributed by atoms with Gasteiger partial charge in [-0.05, 0) is 23.8 Å². The fourth-order valence-corrected chi connectivity index (χ4v) is 3.51. The molecule has 0 aliphatic carbocycles. The van der Waals surface area contributed by atoms with Gasteiger partial charge < -0.3 is 5.32 Å². The van der Waals surface area contributed by atoms with Crippen molar-refractivity contribution in [2.45, 2.75) is 19.0 Å². The zero-order valence-electron chi connectivity index (χ0n) is 9.19. The minimum absolute atomic E-state index is 0.136. The zero-order chi connectivity index (χ0) is 12.3. The first-order chi connectivity index (χ1) is 8.15. The summed E-state index contributed by atoms with van der Waals surface area (Å²) in [5.74, 6) is 2.34. The van der Waals surface area contributed by atoms with E-state index in [4.69, 9.17) is 0 Å². The van der Waals surface area contributed by atoms with Gasteiger partial charge in [-0.3, -0.25) is 10.1 Å². The van der Waals surface area contributed by atoms with Crippen LogP contribution in [0.2, 0.25) is 0 Å². The molecule has 0 aromatic heterocycles. The summed E-state index contributed by atoms with van der Waals surface area (Å²) in [4.78, 5) is 10.4. The van der Waals surface area contributed by atoms with Gasteiger partial charge in [-0.1, -0.05) is 15.9 Å². The van der Waals surface area contributed by atoms with Gasteiger partial charge in [0.05, 0.1) is 4.92 Å². The van der Waals surface area contributed by atoms with Crippen LogP contribution >= 0.6 is 27.7 Å². The molecule has 2 rings (SSSR count). The molecule has 1 atom stereocenters. The monoisotopic (exact) mass is 316 g/mol. The van der Waals surface area contributed by atoms with Gasteiger partial charge in [-0.15, -0.1) is 0 Å². The fourth-order valence-electron chi connectivity index (χ4n) is 1.80. The molecule has 4 nitrogen and oxygen atoms in total. The number of nitro groups is 1. The van der Waals surface area contributed by atoms with Crippen molar-refractivity contribution in [1.29, 1.82) is 0 Å². The molecule has 0 bridgehead atoms. The molecule has 6 heteroatoms. The lowest BCUT2D eigenvalue weighted by Crippen LogP contribution is -2.27. The minimum atomic E-state index is -0.361. The summed E-state index contributed by atoms with van der Waals surface area (Å²) in [6.45, 7) is 0.686. The second-order valence-electron chi connectivity index (χ2n) is 4.02. The van der Waals surface area contributed by atoms with Gasteiger partial charge in [0, 0.05) is 34.9 Å². The number of halogens is 1. The molecule has 1 aliphatic rings. The topological polar surface area (TPSA) is 55.2 Å². The highest BCUT2D eigenvalue weighted by molar-refractivity contribution is 9.10. The Hall–Kier alpha value is -0.590. The van der Waals surface area contributed by atoms with Gasteiger partial charge in [0.15, 0.2) is 0 Å². The highest BCUT2D eigenvalue weighted by Crippen LogP contribution is 2.22. The molecule has 1 fully saturated rings. The number of rotatable bonds is 4. The van der Waals surface area contributed by atoms with Gasteiger partial charge >= 0.3 is 0 Å². The smallest absolute Gasteiger partial charge is 0.270 e. The van der Waals surface area contributed by atoms with Crippen molar-refractivity contribution in [3.05, 3.63) is 38.3 Å². The SMILES string of the molecule is O=[N+]([O-])c1cc(Br)cc(CNC2CCSC2)c1. The van der Waals surface area contributed by atoms with E-state index >= 15 is 0 Å². The van der Waals surface area contributed by atoms with Crippen molar-refractivity contribution in [2.75, 3.05) is 11.5 Å². The van der Waals surface area contributed by atoms with Crippen LogP contribution in [0.1, 0.15) is 12.0 Å². The van der Waals surface area contributed by atoms with Crippen molar-refractivity contribution in [3.8, 4) is 0 Å². The summed E-state index contributed by atoms with van der Waals surface area (Å²) in [6.07, 6.45) is 1.18. The van der Waals surface area contributed by atoms with Crippen molar-refractivity contribution in [2.24, 2.45) is 0 Å². The fraction of sp³-hybridized carbons (Fsp3) is 0.455. The van der Waals surface area contributed by atoms with Gasteiger partial charge in [0.25, 0.3) is 5.69 Å². The highest BCUT2D eigenvalue weighted by Gasteiger charge is 2.15. The quantitative estimate of drug-likeness (QED) is 0.685. The molecule has 1 aromatic carbocycles. The average Bonchev–Trinajstić information content (AvgIpc) is 2.78. The van der Waals surface area contributed by atoms with Crippen LogP contribution in [-0.4, -0.2) is 22.5 Å². The third kappa shape index (κ3) is 3.69. The van der Waals surface area contributed by atoms with Crippen LogP contribution in [0.4, 0.5) is 5.69 Å². The average molecular weight is 317 g/mol. The summed E-state index contributed by atoms with van der Waals surface area (Å²) >= 11 is 5.25. The lowest BCUT2D eigenvalue weighted by Gasteiger charge is -2.11. The lowest BCUT2D eigenvalue weighted by atomic mass is 10.2. The number of nitrogens with one attached hydrogen (secondary N) is 1. The van der Waals surface area contributed by atoms with E-state index in [2.05, 4.69) is 21.2 Å². The predicted octanol–water partition coefficient (Wildman–Crippen LogP) is 2.95. The van der Waals surface area contributed by atoms with Gasteiger partial charge in [-0.2, -0.15) is 11.8 Å². The van der Waals surface area contributed by atoms with Crippen molar-refractivity contribution >= 4 is 33.4 Å². The second kappa shape index (κ2) is 5.84. The Bertz CT molecular complexity index is 422. The molecule has 17 heavy (non-hydrogen) atoms. The third-order valence-electron chi connectivity index (χ3n) is 2.68. The Kier molecular flexibility index (Phi) is 4.42. The molecular weight excluding hydrogens is 304 g/mol. The second-order valence-corrected chi connectivity index (χ2v) is 6.08. The van der Waals surface area contributed by atoms with E-state index in [9.17, 15) is 10.1 Å². The molecule has 1 aliphatic heterocycles. The number of hydrogen-bond donors (Lipinski definition) is 1. The molecule has 0 amide bonds.